The summed E-state index contributed by atoms with van der Waals surface area (Å²) in [5, 5.41) is 13.4. The number of hydrogen-bond donors (Lipinski definition) is 1. The van der Waals surface area contributed by atoms with Gasteiger partial charge in [0.2, 0.25) is 0 Å². The molecule has 148 valence electrons. The number of tetrazole rings is 1. The number of aryl methyl sites for hydroxylation is 2. The number of rotatable bonds is 6. The zero-order valence-corrected chi connectivity index (χ0v) is 16.6. The number of likely N-dealkylation sites (tertiary alicyclic amines) is 1. The molecule has 0 bridgehead atoms. The minimum Gasteiger partial charge on any atom is -0.383 e. The maximum absolute atomic E-state index is 13.1. The maximum atomic E-state index is 13.1. The second kappa shape index (κ2) is 7.81. The molecule has 0 aliphatic carbocycles. The van der Waals surface area contributed by atoms with Crippen LogP contribution in [0.15, 0.2) is 23.0 Å². The van der Waals surface area contributed by atoms with Gasteiger partial charge in [-0.2, -0.15) is 0 Å². The number of pyridine rings is 1. The Morgan fingerprint density at radius 3 is 2.71 bits per heavy atom. The molecule has 3 aromatic rings. The van der Waals surface area contributed by atoms with Crippen LogP contribution in [0.2, 0.25) is 0 Å². The van der Waals surface area contributed by atoms with Crippen LogP contribution in [0.1, 0.15) is 41.4 Å². The van der Waals surface area contributed by atoms with E-state index in [0.29, 0.717) is 24.5 Å². The van der Waals surface area contributed by atoms with Crippen molar-refractivity contribution in [2.45, 2.75) is 39.3 Å². The average molecular weight is 382 g/mol. The van der Waals surface area contributed by atoms with E-state index in [9.17, 15) is 4.79 Å². The average Bonchev–Trinajstić information content (AvgIpc) is 3.37. The molecule has 1 aromatic carbocycles. The highest BCUT2D eigenvalue weighted by molar-refractivity contribution is 5.85. The third-order valence-electron chi connectivity index (χ3n) is 5.58. The Bertz CT molecular complexity index is 1030. The van der Waals surface area contributed by atoms with Crippen molar-refractivity contribution in [3.8, 4) is 0 Å². The number of H-pyrrole nitrogens is 1. The van der Waals surface area contributed by atoms with E-state index in [2.05, 4.69) is 38.4 Å². The summed E-state index contributed by atoms with van der Waals surface area (Å²) in [7, 11) is 1.65. The molecule has 1 aliphatic rings. The number of fused-ring (bicyclic) bond motifs is 1. The second-order valence-corrected chi connectivity index (χ2v) is 7.44. The van der Waals surface area contributed by atoms with E-state index in [-0.39, 0.29) is 11.6 Å². The maximum Gasteiger partial charge on any atom is 0.253 e. The Kier molecular flexibility index (Phi) is 5.23. The van der Waals surface area contributed by atoms with E-state index in [1.165, 1.54) is 0 Å². The molecule has 2 aromatic heterocycles. The lowest BCUT2D eigenvalue weighted by molar-refractivity contribution is 0.178. The number of nitrogens with zero attached hydrogens (tertiary/aromatic N) is 5. The molecule has 1 N–H and O–H groups in total. The number of aromatic amines is 1. The fourth-order valence-corrected chi connectivity index (χ4v) is 4.04. The first kappa shape index (κ1) is 18.8. The van der Waals surface area contributed by atoms with Crippen LogP contribution < -0.4 is 5.56 Å². The molecule has 8 nitrogen and oxygen atoms in total. The van der Waals surface area contributed by atoms with Crippen LogP contribution in [0.25, 0.3) is 10.9 Å². The fourth-order valence-electron chi connectivity index (χ4n) is 4.04. The van der Waals surface area contributed by atoms with Crippen molar-refractivity contribution in [2.75, 3.05) is 26.8 Å². The fraction of sp³-hybridized carbons (Fsp3) is 0.500. The second-order valence-electron chi connectivity index (χ2n) is 7.44. The summed E-state index contributed by atoms with van der Waals surface area (Å²) in [6.45, 7) is 6.99. The summed E-state index contributed by atoms with van der Waals surface area (Å²) < 4.78 is 6.94. The van der Waals surface area contributed by atoms with Crippen LogP contribution >= 0.6 is 0 Å². The van der Waals surface area contributed by atoms with Gasteiger partial charge in [-0.15, -0.1) is 5.10 Å². The lowest BCUT2D eigenvalue weighted by atomic mass is 10.00. The van der Waals surface area contributed by atoms with Gasteiger partial charge < -0.3 is 9.72 Å². The highest BCUT2D eigenvalue weighted by Gasteiger charge is 2.32. The molecule has 1 unspecified atom stereocenters. The van der Waals surface area contributed by atoms with Crippen molar-refractivity contribution in [3.05, 3.63) is 51.1 Å². The lowest BCUT2D eigenvalue weighted by Crippen LogP contribution is -2.33. The number of hydrogen-bond acceptors (Lipinski definition) is 6. The number of methoxy groups -OCH3 is 1. The first-order valence-corrected chi connectivity index (χ1v) is 9.72. The summed E-state index contributed by atoms with van der Waals surface area (Å²) in [5.74, 6) is 0.689. The molecule has 4 rings (SSSR count). The van der Waals surface area contributed by atoms with Crippen LogP contribution in [0.5, 0.6) is 0 Å². The Balaban J connectivity index is 1.88. The van der Waals surface area contributed by atoms with E-state index in [4.69, 9.17) is 4.74 Å². The summed E-state index contributed by atoms with van der Waals surface area (Å²) >= 11 is 0. The summed E-state index contributed by atoms with van der Waals surface area (Å²) in [4.78, 5) is 18.5. The molecule has 0 saturated carbocycles. The SMILES string of the molecule is COCCn1nnnc1C(c1cc2c(C)ccc(C)c2[nH]c1=O)N1CCCC1. The first-order valence-electron chi connectivity index (χ1n) is 9.72. The number of aromatic nitrogens is 5. The third kappa shape index (κ3) is 3.33. The van der Waals surface area contributed by atoms with E-state index in [0.717, 1.165) is 48.0 Å². The predicted octanol–water partition coefficient (Wildman–Crippen LogP) is 1.96. The molecule has 1 atom stereocenters. The minimum absolute atomic E-state index is 0.0839. The van der Waals surface area contributed by atoms with Crippen LogP contribution in [0.3, 0.4) is 0 Å². The summed E-state index contributed by atoms with van der Waals surface area (Å²) in [6.07, 6.45) is 2.22. The number of ether oxygens (including phenoxy) is 1. The van der Waals surface area contributed by atoms with Gasteiger partial charge in [0.1, 0.15) is 6.04 Å². The Labute approximate surface area is 163 Å². The molecule has 1 fully saturated rings. The van der Waals surface area contributed by atoms with Crippen LogP contribution in [0, 0.1) is 13.8 Å². The topological polar surface area (TPSA) is 88.9 Å². The van der Waals surface area contributed by atoms with Crippen molar-refractivity contribution >= 4 is 10.9 Å². The van der Waals surface area contributed by atoms with Gasteiger partial charge >= 0.3 is 0 Å². The molecular formula is C20H26N6O2. The van der Waals surface area contributed by atoms with Gasteiger partial charge in [-0.1, -0.05) is 12.1 Å². The Morgan fingerprint density at radius 2 is 1.96 bits per heavy atom. The van der Waals surface area contributed by atoms with E-state index >= 15 is 0 Å². The largest absolute Gasteiger partial charge is 0.383 e. The summed E-state index contributed by atoms with van der Waals surface area (Å²) in [5.41, 5.74) is 3.70. The van der Waals surface area contributed by atoms with Gasteiger partial charge in [-0.25, -0.2) is 4.68 Å². The van der Waals surface area contributed by atoms with Crippen molar-refractivity contribution in [3.63, 3.8) is 0 Å². The van der Waals surface area contributed by atoms with Gasteiger partial charge in [-0.3, -0.25) is 9.69 Å². The molecule has 1 aliphatic heterocycles. The molecular weight excluding hydrogens is 356 g/mol. The predicted molar refractivity (Wildman–Crippen MR) is 106 cm³/mol. The quantitative estimate of drug-likeness (QED) is 0.701. The third-order valence-corrected chi connectivity index (χ3v) is 5.58. The standard InChI is InChI=1S/C20H26N6O2/c1-13-6-7-14(2)17-15(13)12-16(20(27)21-17)18(25-8-4-5-9-25)19-22-23-24-26(19)10-11-28-3/h6-7,12,18H,4-5,8-11H2,1-3H3,(H,21,27). The van der Waals surface area contributed by atoms with Crippen molar-refractivity contribution in [1.29, 1.82) is 0 Å². The van der Waals surface area contributed by atoms with E-state index in [1.54, 1.807) is 11.8 Å². The van der Waals surface area contributed by atoms with E-state index < -0.39 is 0 Å². The first-order chi connectivity index (χ1) is 13.6. The van der Waals surface area contributed by atoms with Crippen molar-refractivity contribution < 1.29 is 4.74 Å². The number of benzene rings is 1. The van der Waals surface area contributed by atoms with Crippen molar-refractivity contribution in [1.82, 2.24) is 30.1 Å². The van der Waals surface area contributed by atoms with E-state index in [1.807, 2.05) is 19.1 Å². The summed E-state index contributed by atoms with van der Waals surface area (Å²) in [6, 6.07) is 5.88. The van der Waals surface area contributed by atoms with Crippen LogP contribution in [0.4, 0.5) is 0 Å². The Morgan fingerprint density at radius 1 is 1.21 bits per heavy atom. The Hall–Kier alpha value is -2.58. The van der Waals surface area contributed by atoms with Gasteiger partial charge in [0.25, 0.3) is 5.56 Å². The number of nitrogens with one attached hydrogen (secondary N) is 1. The van der Waals surface area contributed by atoms with Crippen molar-refractivity contribution in [2.24, 2.45) is 0 Å². The van der Waals surface area contributed by atoms with Gasteiger partial charge in [0, 0.05) is 18.1 Å². The minimum atomic E-state index is -0.276. The lowest BCUT2D eigenvalue weighted by Gasteiger charge is -2.26. The van der Waals surface area contributed by atoms with Gasteiger partial charge in [0.05, 0.1) is 18.7 Å². The van der Waals surface area contributed by atoms with Gasteiger partial charge in [-0.05, 0) is 67.4 Å². The van der Waals surface area contributed by atoms with Gasteiger partial charge in [0.15, 0.2) is 5.82 Å². The molecule has 3 heterocycles. The zero-order chi connectivity index (χ0) is 19.7. The smallest absolute Gasteiger partial charge is 0.253 e. The van der Waals surface area contributed by atoms with Crippen LogP contribution in [-0.2, 0) is 11.3 Å². The highest BCUT2D eigenvalue weighted by atomic mass is 16.5. The molecule has 8 heteroatoms. The molecule has 0 spiro atoms. The monoisotopic (exact) mass is 382 g/mol. The zero-order valence-electron chi connectivity index (χ0n) is 16.6. The van der Waals surface area contributed by atoms with Crippen LogP contribution in [-0.4, -0.2) is 56.9 Å². The molecule has 0 amide bonds. The molecule has 1 saturated heterocycles. The molecule has 28 heavy (non-hydrogen) atoms. The highest BCUT2D eigenvalue weighted by Crippen LogP contribution is 2.30. The normalized spacial score (nSPS) is 16.1. The molecule has 0 radical (unpaired) electrons.